The second kappa shape index (κ2) is 4.95. The lowest BCUT2D eigenvalue weighted by atomic mass is 10.4. The van der Waals surface area contributed by atoms with Gasteiger partial charge < -0.3 is 5.73 Å². The molecule has 0 saturated carbocycles. The number of anilines is 1. The van der Waals surface area contributed by atoms with Gasteiger partial charge in [0.05, 0.1) is 16.9 Å². The van der Waals surface area contributed by atoms with Gasteiger partial charge in [-0.15, -0.1) is 0 Å². The van der Waals surface area contributed by atoms with Crippen LogP contribution in [-0.2, 0) is 0 Å². The molecule has 0 aliphatic heterocycles. The average molecular weight is 271 g/mol. The third-order valence-corrected chi connectivity index (χ3v) is 3.48. The van der Waals surface area contributed by atoms with E-state index in [0.717, 1.165) is 9.92 Å². The summed E-state index contributed by atoms with van der Waals surface area (Å²) in [5.74, 6) is 0. The van der Waals surface area contributed by atoms with E-state index in [-0.39, 0.29) is 0 Å². The first kappa shape index (κ1) is 11.6. The van der Waals surface area contributed by atoms with Gasteiger partial charge in [-0.25, -0.2) is 4.98 Å². The van der Waals surface area contributed by atoms with Crippen LogP contribution in [0.5, 0.6) is 0 Å². The van der Waals surface area contributed by atoms with E-state index in [1.165, 1.54) is 11.8 Å². The van der Waals surface area contributed by atoms with Crippen molar-refractivity contribution in [2.24, 2.45) is 0 Å². The van der Waals surface area contributed by atoms with Crippen LogP contribution in [0.25, 0.3) is 0 Å². The first-order valence-electron chi connectivity index (χ1n) is 4.49. The summed E-state index contributed by atoms with van der Waals surface area (Å²) in [5, 5.41) is 1.96. The molecule has 0 aliphatic carbocycles. The molecule has 16 heavy (non-hydrogen) atoms. The molecule has 0 fully saturated rings. The number of aromatic nitrogens is 1. The highest BCUT2D eigenvalue weighted by Crippen LogP contribution is 2.33. The van der Waals surface area contributed by atoms with E-state index in [9.17, 15) is 0 Å². The second-order valence-corrected chi connectivity index (χ2v) is 5.02. The van der Waals surface area contributed by atoms with Crippen molar-refractivity contribution in [1.82, 2.24) is 4.98 Å². The molecule has 2 N–H and O–H groups in total. The van der Waals surface area contributed by atoms with Crippen LogP contribution in [0.1, 0.15) is 0 Å². The Bertz CT molecular complexity index is 517. The average Bonchev–Trinajstić information content (AvgIpc) is 2.22. The number of hydrogen-bond acceptors (Lipinski definition) is 3. The van der Waals surface area contributed by atoms with Gasteiger partial charge in [-0.3, -0.25) is 0 Å². The van der Waals surface area contributed by atoms with Gasteiger partial charge in [-0.05, 0) is 24.3 Å². The lowest BCUT2D eigenvalue weighted by Crippen LogP contribution is -1.88. The van der Waals surface area contributed by atoms with Gasteiger partial charge in [-0.1, -0.05) is 41.0 Å². The highest BCUT2D eigenvalue weighted by Gasteiger charge is 2.05. The predicted octanol–water partition coefficient (Wildman–Crippen LogP) is 4.12. The Morgan fingerprint density at radius 1 is 1.19 bits per heavy atom. The number of nitrogen functional groups attached to an aromatic ring is 1. The van der Waals surface area contributed by atoms with Crippen molar-refractivity contribution in [2.45, 2.75) is 9.92 Å². The van der Waals surface area contributed by atoms with E-state index < -0.39 is 0 Å². The van der Waals surface area contributed by atoms with Crippen LogP contribution in [0.15, 0.2) is 46.5 Å². The minimum atomic E-state index is 0.546. The van der Waals surface area contributed by atoms with E-state index in [4.69, 9.17) is 28.9 Å². The van der Waals surface area contributed by atoms with Gasteiger partial charge in [0, 0.05) is 9.92 Å². The summed E-state index contributed by atoms with van der Waals surface area (Å²) in [6.45, 7) is 0. The first-order valence-corrected chi connectivity index (χ1v) is 6.07. The number of halogens is 2. The Balaban J connectivity index is 2.27. The summed E-state index contributed by atoms with van der Waals surface area (Å²) in [4.78, 5) is 5.16. The molecule has 2 nitrogen and oxygen atoms in total. The van der Waals surface area contributed by atoms with Crippen LogP contribution < -0.4 is 5.73 Å². The number of nitrogens with zero attached hydrogens (tertiary/aromatic N) is 1. The maximum absolute atomic E-state index is 6.02. The molecule has 2 aromatic rings. The molecule has 1 aromatic heterocycles. The van der Waals surface area contributed by atoms with Crippen molar-refractivity contribution in [3.8, 4) is 0 Å². The normalized spacial score (nSPS) is 10.4. The molecule has 0 saturated heterocycles. The molecule has 2 rings (SSSR count). The van der Waals surface area contributed by atoms with Crippen LogP contribution in [0.2, 0.25) is 10.0 Å². The smallest absolute Gasteiger partial charge is 0.120 e. The van der Waals surface area contributed by atoms with Crippen LogP contribution >= 0.6 is 35.0 Å². The van der Waals surface area contributed by atoms with Crippen molar-refractivity contribution < 1.29 is 0 Å². The standard InChI is InChI=1S/C11H8Cl2N2S/c12-7-2-1-3-9(4-7)16-11-10(13)5-8(14)6-15-11/h1-6H,14H2. The Labute approximate surface area is 108 Å². The number of nitrogens with two attached hydrogens (primary N) is 1. The quantitative estimate of drug-likeness (QED) is 0.892. The molecule has 5 heteroatoms. The lowest BCUT2D eigenvalue weighted by Gasteiger charge is -2.04. The summed E-state index contributed by atoms with van der Waals surface area (Å²) < 4.78 is 0. The fourth-order valence-electron chi connectivity index (χ4n) is 1.16. The lowest BCUT2D eigenvalue weighted by molar-refractivity contribution is 1.14. The molecule has 1 aromatic carbocycles. The summed E-state index contributed by atoms with van der Waals surface area (Å²) in [6, 6.07) is 9.20. The van der Waals surface area contributed by atoms with E-state index >= 15 is 0 Å². The topological polar surface area (TPSA) is 38.9 Å². The van der Waals surface area contributed by atoms with Crippen molar-refractivity contribution >= 4 is 40.7 Å². The number of pyridine rings is 1. The largest absolute Gasteiger partial charge is 0.397 e. The molecule has 1 heterocycles. The maximum Gasteiger partial charge on any atom is 0.120 e. The molecular formula is C11H8Cl2N2S. The van der Waals surface area contributed by atoms with Crippen LogP contribution in [0.4, 0.5) is 5.69 Å². The molecule has 0 radical (unpaired) electrons. The zero-order chi connectivity index (χ0) is 11.5. The highest BCUT2D eigenvalue weighted by atomic mass is 35.5. The van der Waals surface area contributed by atoms with Gasteiger partial charge >= 0.3 is 0 Å². The van der Waals surface area contributed by atoms with Crippen molar-refractivity contribution in [1.29, 1.82) is 0 Å². The van der Waals surface area contributed by atoms with Crippen molar-refractivity contribution in [3.05, 3.63) is 46.6 Å². The summed E-state index contributed by atoms with van der Waals surface area (Å²) >= 11 is 13.4. The number of hydrogen-bond donors (Lipinski definition) is 1. The van der Waals surface area contributed by atoms with Gasteiger partial charge in [0.1, 0.15) is 5.03 Å². The third kappa shape index (κ3) is 2.82. The number of rotatable bonds is 2. The summed E-state index contributed by atoms with van der Waals surface area (Å²) in [6.07, 6.45) is 1.58. The van der Waals surface area contributed by atoms with Crippen LogP contribution in [-0.4, -0.2) is 4.98 Å². The molecule has 0 aliphatic rings. The zero-order valence-corrected chi connectivity index (χ0v) is 10.5. The third-order valence-electron chi connectivity index (χ3n) is 1.84. The Morgan fingerprint density at radius 3 is 2.69 bits per heavy atom. The first-order chi connectivity index (χ1) is 7.65. The molecule has 82 valence electrons. The number of benzene rings is 1. The van der Waals surface area contributed by atoms with E-state index in [0.29, 0.717) is 15.7 Å². The van der Waals surface area contributed by atoms with Crippen LogP contribution in [0, 0.1) is 0 Å². The monoisotopic (exact) mass is 270 g/mol. The van der Waals surface area contributed by atoms with E-state index in [1.807, 2.05) is 24.3 Å². The van der Waals surface area contributed by atoms with E-state index in [2.05, 4.69) is 4.98 Å². The summed E-state index contributed by atoms with van der Waals surface area (Å²) in [5.41, 5.74) is 6.12. The SMILES string of the molecule is Nc1cnc(Sc2cccc(Cl)c2)c(Cl)c1. The van der Waals surface area contributed by atoms with Crippen molar-refractivity contribution in [2.75, 3.05) is 5.73 Å². The molecule has 0 spiro atoms. The molecule has 0 unspecified atom stereocenters. The Morgan fingerprint density at radius 2 is 2.00 bits per heavy atom. The van der Waals surface area contributed by atoms with E-state index in [1.54, 1.807) is 12.3 Å². The Kier molecular flexibility index (Phi) is 3.59. The second-order valence-electron chi connectivity index (χ2n) is 3.12. The fourth-order valence-corrected chi connectivity index (χ4v) is 2.52. The van der Waals surface area contributed by atoms with Gasteiger partial charge in [0.15, 0.2) is 0 Å². The fraction of sp³-hybridized carbons (Fsp3) is 0. The van der Waals surface area contributed by atoms with Gasteiger partial charge in [-0.2, -0.15) is 0 Å². The van der Waals surface area contributed by atoms with Crippen LogP contribution in [0.3, 0.4) is 0 Å². The predicted molar refractivity (Wildman–Crippen MR) is 69.2 cm³/mol. The maximum atomic E-state index is 6.02. The Hall–Kier alpha value is -0.900. The molecule has 0 atom stereocenters. The molecule has 0 amide bonds. The van der Waals surface area contributed by atoms with Crippen molar-refractivity contribution in [3.63, 3.8) is 0 Å². The summed E-state index contributed by atoms with van der Waals surface area (Å²) in [7, 11) is 0. The highest BCUT2D eigenvalue weighted by molar-refractivity contribution is 7.99. The van der Waals surface area contributed by atoms with Gasteiger partial charge in [0.25, 0.3) is 0 Å². The molecular weight excluding hydrogens is 263 g/mol. The van der Waals surface area contributed by atoms with Gasteiger partial charge in [0.2, 0.25) is 0 Å². The minimum Gasteiger partial charge on any atom is -0.397 e. The zero-order valence-electron chi connectivity index (χ0n) is 8.15. The minimum absolute atomic E-state index is 0.546. The molecule has 0 bridgehead atoms.